The standard InChI is InChI=1S/C32H34O8/c1-31(2,39-29(33)21-5-13-25(14-6-21)35-17-27-19-37-27)23-9-11-24(12-10-23)32(3,4)40-30(34)22-7-15-26(16-8-22)36-18-28-20-38-28/h5-16,27-28H,17-20H2,1-4H3. The molecule has 2 unspecified atom stereocenters. The van der Waals surface area contributed by atoms with Crippen molar-refractivity contribution in [2.24, 2.45) is 0 Å². The molecule has 2 fully saturated rings. The molecule has 0 amide bonds. The van der Waals surface area contributed by atoms with Crippen molar-refractivity contribution in [3.05, 3.63) is 95.1 Å². The molecule has 0 spiro atoms. The minimum atomic E-state index is -0.885. The maximum atomic E-state index is 12.8. The number of epoxide rings is 2. The van der Waals surface area contributed by atoms with Crippen LogP contribution >= 0.6 is 0 Å². The second-order valence-corrected chi connectivity index (χ2v) is 11.0. The number of hydrogen-bond donors (Lipinski definition) is 0. The molecule has 40 heavy (non-hydrogen) atoms. The number of carbonyl (C=O) groups excluding carboxylic acids is 2. The van der Waals surface area contributed by atoms with Crippen molar-refractivity contribution >= 4 is 11.9 Å². The third-order valence-electron chi connectivity index (χ3n) is 6.83. The van der Waals surface area contributed by atoms with E-state index in [0.717, 1.165) is 24.3 Å². The number of rotatable bonds is 12. The van der Waals surface area contributed by atoms with E-state index in [4.69, 9.17) is 28.4 Å². The van der Waals surface area contributed by atoms with Crippen LogP contribution in [0.1, 0.15) is 59.5 Å². The van der Waals surface area contributed by atoms with Gasteiger partial charge in [-0.15, -0.1) is 0 Å². The zero-order valence-corrected chi connectivity index (χ0v) is 23.2. The molecule has 8 heteroatoms. The van der Waals surface area contributed by atoms with Gasteiger partial charge in [0.2, 0.25) is 0 Å². The number of esters is 2. The van der Waals surface area contributed by atoms with E-state index in [1.165, 1.54) is 0 Å². The molecule has 8 nitrogen and oxygen atoms in total. The molecule has 0 radical (unpaired) electrons. The third kappa shape index (κ3) is 7.20. The van der Waals surface area contributed by atoms with Crippen molar-refractivity contribution in [2.45, 2.75) is 51.1 Å². The lowest BCUT2D eigenvalue weighted by molar-refractivity contribution is -0.00566. The molecule has 0 saturated carbocycles. The van der Waals surface area contributed by atoms with E-state index in [-0.39, 0.29) is 12.2 Å². The summed E-state index contributed by atoms with van der Waals surface area (Å²) in [6.07, 6.45) is 0.333. The highest BCUT2D eigenvalue weighted by Crippen LogP contribution is 2.31. The fraction of sp³-hybridized carbons (Fsp3) is 0.375. The first-order valence-corrected chi connectivity index (χ1v) is 13.4. The normalized spacial score (nSPS) is 18.0. The summed E-state index contributed by atoms with van der Waals surface area (Å²) in [7, 11) is 0. The highest BCUT2D eigenvalue weighted by Gasteiger charge is 2.30. The second kappa shape index (κ2) is 11.3. The summed E-state index contributed by atoms with van der Waals surface area (Å²) in [5.74, 6) is 0.488. The molecule has 2 atom stereocenters. The third-order valence-corrected chi connectivity index (χ3v) is 6.83. The highest BCUT2D eigenvalue weighted by molar-refractivity contribution is 5.90. The first-order valence-electron chi connectivity index (χ1n) is 13.4. The van der Waals surface area contributed by atoms with Crippen LogP contribution in [0, 0.1) is 0 Å². The van der Waals surface area contributed by atoms with E-state index in [1.807, 2.05) is 52.0 Å². The van der Waals surface area contributed by atoms with Gasteiger partial charge < -0.3 is 28.4 Å². The minimum Gasteiger partial charge on any atom is -0.491 e. The van der Waals surface area contributed by atoms with Gasteiger partial charge in [-0.05, 0) is 87.4 Å². The van der Waals surface area contributed by atoms with Crippen molar-refractivity contribution < 1.29 is 38.0 Å². The zero-order chi connectivity index (χ0) is 28.3. The summed E-state index contributed by atoms with van der Waals surface area (Å²) in [6.45, 7) is 9.80. The molecular formula is C32H34O8. The van der Waals surface area contributed by atoms with E-state index >= 15 is 0 Å². The first-order chi connectivity index (χ1) is 19.1. The van der Waals surface area contributed by atoms with Crippen LogP contribution in [0.2, 0.25) is 0 Å². The summed E-state index contributed by atoms with van der Waals surface area (Å²) in [4.78, 5) is 25.7. The van der Waals surface area contributed by atoms with Crippen LogP contribution in [0.25, 0.3) is 0 Å². The molecule has 210 valence electrons. The van der Waals surface area contributed by atoms with Gasteiger partial charge in [0.05, 0.1) is 24.3 Å². The lowest BCUT2D eigenvalue weighted by Gasteiger charge is -2.29. The zero-order valence-electron chi connectivity index (χ0n) is 23.2. The quantitative estimate of drug-likeness (QED) is 0.219. The Kier molecular flexibility index (Phi) is 7.83. The van der Waals surface area contributed by atoms with Crippen LogP contribution < -0.4 is 9.47 Å². The van der Waals surface area contributed by atoms with Gasteiger partial charge in [0.25, 0.3) is 0 Å². The average Bonchev–Trinajstić information content (AvgIpc) is 3.87. The lowest BCUT2D eigenvalue weighted by Crippen LogP contribution is -2.27. The van der Waals surface area contributed by atoms with Gasteiger partial charge in [-0.25, -0.2) is 9.59 Å². The predicted octanol–water partition coefficient (Wildman–Crippen LogP) is 5.43. The van der Waals surface area contributed by atoms with Crippen molar-refractivity contribution in [1.82, 2.24) is 0 Å². The molecule has 0 N–H and O–H groups in total. The van der Waals surface area contributed by atoms with E-state index in [9.17, 15) is 9.59 Å². The molecule has 3 aromatic carbocycles. The summed E-state index contributed by atoms with van der Waals surface area (Å²) >= 11 is 0. The Hall–Kier alpha value is -3.88. The molecule has 2 aliphatic heterocycles. The maximum Gasteiger partial charge on any atom is 0.338 e. The summed E-state index contributed by atoms with van der Waals surface area (Å²) in [5, 5.41) is 0. The van der Waals surface area contributed by atoms with Crippen LogP contribution in [0.4, 0.5) is 0 Å². The van der Waals surface area contributed by atoms with E-state index in [0.29, 0.717) is 35.8 Å². The monoisotopic (exact) mass is 546 g/mol. The molecule has 0 aromatic heterocycles. The molecule has 0 bridgehead atoms. The van der Waals surface area contributed by atoms with Gasteiger partial charge >= 0.3 is 11.9 Å². The molecule has 2 aliphatic rings. The van der Waals surface area contributed by atoms with Gasteiger partial charge in [0.15, 0.2) is 0 Å². The number of carbonyl (C=O) groups is 2. The SMILES string of the molecule is CC(C)(OC(=O)c1ccc(OCC2CO2)cc1)c1ccc(C(C)(C)OC(=O)c2ccc(OCC3CO3)cc2)cc1. The Morgan fingerprint density at radius 1 is 0.625 bits per heavy atom. The average molecular weight is 547 g/mol. The van der Waals surface area contributed by atoms with Crippen molar-refractivity contribution in [3.8, 4) is 11.5 Å². The summed E-state index contributed by atoms with van der Waals surface area (Å²) in [6, 6.07) is 21.2. The van der Waals surface area contributed by atoms with Gasteiger partial charge in [-0.3, -0.25) is 0 Å². The number of ether oxygens (including phenoxy) is 6. The Morgan fingerprint density at radius 2 is 0.950 bits per heavy atom. The van der Waals surface area contributed by atoms with E-state index < -0.39 is 23.1 Å². The number of hydrogen-bond acceptors (Lipinski definition) is 8. The summed E-state index contributed by atoms with van der Waals surface area (Å²) in [5.41, 5.74) is 0.717. The lowest BCUT2D eigenvalue weighted by atomic mass is 9.92. The summed E-state index contributed by atoms with van der Waals surface area (Å²) < 4.78 is 33.2. The van der Waals surface area contributed by atoms with Crippen LogP contribution in [-0.4, -0.2) is 50.6 Å². The van der Waals surface area contributed by atoms with Crippen molar-refractivity contribution in [1.29, 1.82) is 0 Å². The Balaban J connectivity index is 1.16. The predicted molar refractivity (Wildman–Crippen MR) is 147 cm³/mol. The van der Waals surface area contributed by atoms with Gasteiger partial charge in [0.1, 0.15) is 48.1 Å². The minimum absolute atomic E-state index is 0.167. The fourth-order valence-corrected chi connectivity index (χ4v) is 4.05. The number of benzene rings is 3. The van der Waals surface area contributed by atoms with Crippen LogP contribution in [0.5, 0.6) is 11.5 Å². The van der Waals surface area contributed by atoms with Gasteiger partial charge in [0, 0.05) is 0 Å². The first kappa shape index (κ1) is 27.7. The van der Waals surface area contributed by atoms with E-state index in [2.05, 4.69) is 0 Å². The topological polar surface area (TPSA) is 96.1 Å². The molecule has 5 rings (SSSR count). The molecule has 2 heterocycles. The largest absolute Gasteiger partial charge is 0.491 e. The van der Waals surface area contributed by atoms with Crippen LogP contribution in [0.15, 0.2) is 72.8 Å². The van der Waals surface area contributed by atoms with Crippen LogP contribution in [0.3, 0.4) is 0 Å². The van der Waals surface area contributed by atoms with E-state index in [1.54, 1.807) is 48.5 Å². The molecular weight excluding hydrogens is 512 g/mol. The van der Waals surface area contributed by atoms with Crippen molar-refractivity contribution in [3.63, 3.8) is 0 Å². The molecule has 3 aromatic rings. The fourth-order valence-electron chi connectivity index (χ4n) is 4.05. The molecule has 2 saturated heterocycles. The highest BCUT2D eigenvalue weighted by atomic mass is 16.6. The Morgan fingerprint density at radius 3 is 1.25 bits per heavy atom. The van der Waals surface area contributed by atoms with Crippen molar-refractivity contribution in [2.75, 3.05) is 26.4 Å². The molecule has 0 aliphatic carbocycles. The maximum absolute atomic E-state index is 12.8. The smallest absolute Gasteiger partial charge is 0.338 e. The Bertz CT molecular complexity index is 1210. The van der Waals surface area contributed by atoms with Gasteiger partial charge in [-0.1, -0.05) is 24.3 Å². The van der Waals surface area contributed by atoms with Gasteiger partial charge in [-0.2, -0.15) is 0 Å². The Labute approximate surface area is 234 Å². The second-order valence-electron chi connectivity index (χ2n) is 11.0. The van der Waals surface area contributed by atoms with Crippen LogP contribution in [-0.2, 0) is 30.1 Å².